The third-order valence-electron chi connectivity index (χ3n) is 3.18. The van der Waals surface area contributed by atoms with Crippen LogP contribution in [0.15, 0.2) is 40.9 Å². The molecule has 1 atom stereocenters. The Morgan fingerprint density at radius 3 is 2.95 bits per heavy atom. The summed E-state index contributed by atoms with van der Waals surface area (Å²) in [5.41, 5.74) is 1.59. The minimum Gasteiger partial charge on any atom is -0.482 e. The van der Waals surface area contributed by atoms with Crippen LogP contribution in [0.2, 0.25) is 0 Å². The zero-order chi connectivity index (χ0) is 15.0. The van der Waals surface area contributed by atoms with Gasteiger partial charge in [0.15, 0.2) is 6.61 Å². The number of carbonyl (C=O) groups is 1. The van der Waals surface area contributed by atoms with Crippen LogP contribution in [0, 0.1) is 5.82 Å². The van der Waals surface area contributed by atoms with Crippen LogP contribution >= 0.6 is 27.5 Å². The molecule has 1 amide bonds. The van der Waals surface area contributed by atoms with E-state index in [1.54, 1.807) is 36.4 Å². The highest BCUT2D eigenvalue weighted by molar-refractivity contribution is 9.10. The molecule has 1 heterocycles. The fourth-order valence-electron chi connectivity index (χ4n) is 2.15. The van der Waals surface area contributed by atoms with E-state index in [2.05, 4.69) is 21.2 Å². The molecule has 1 N–H and O–H groups in total. The van der Waals surface area contributed by atoms with Crippen LogP contribution in [0.1, 0.15) is 16.5 Å². The third kappa shape index (κ3) is 2.76. The molecule has 0 aromatic heterocycles. The van der Waals surface area contributed by atoms with Crippen LogP contribution in [-0.2, 0) is 4.79 Å². The molecule has 0 radical (unpaired) electrons. The summed E-state index contributed by atoms with van der Waals surface area (Å²) in [5.74, 6) is -0.0353. The fraction of sp³-hybridized carbons (Fsp3) is 0.133. The Balaban J connectivity index is 1.98. The number of ether oxygens (including phenoxy) is 1. The van der Waals surface area contributed by atoms with Crippen LogP contribution < -0.4 is 10.1 Å². The van der Waals surface area contributed by atoms with Crippen LogP contribution in [-0.4, -0.2) is 12.5 Å². The van der Waals surface area contributed by atoms with E-state index in [1.807, 2.05) is 0 Å². The molecule has 1 aliphatic rings. The van der Waals surface area contributed by atoms with Crippen molar-refractivity contribution in [2.24, 2.45) is 0 Å². The van der Waals surface area contributed by atoms with Gasteiger partial charge in [0, 0.05) is 5.56 Å². The van der Waals surface area contributed by atoms with Crippen LogP contribution in [0.3, 0.4) is 0 Å². The van der Waals surface area contributed by atoms with E-state index in [1.165, 1.54) is 0 Å². The number of amides is 1. The number of benzene rings is 2. The van der Waals surface area contributed by atoms with Gasteiger partial charge in [-0.25, -0.2) is 4.39 Å². The van der Waals surface area contributed by atoms with Crippen molar-refractivity contribution < 1.29 is 13.9 Å². The van der Waals surface area contributed by atoms with E-state index < -0.39 is 11.2 Å². The molecule has 1 unspecified atom stereocenters. The first-order chi connectivity index (χ1) is 10.1. The topological polar surface area (TPSA) is 38.3 Å². The quantitative estimate of drug-likeness (QED) is 0.803. The minimum absolute atomic E-state index is 0.00307. The second-order valence-electron chi connectivity index (χ2n) is 4.60. The molecule has 6 heteroatoms. The number of nitrogens with one attached hydrogen (secondary N) is 1. The van der Waals surface area contributed by atoms with Crippen molar-refractivity contribution in [3.63, 3.8) is 0 Å². The van der Waals surface area contributed by atoms with E-state index in [0.29, 0.717) is 27.0 Å². The maximum absolute atomic E-state index is 14.1. The Morgan fingerprint density at radius 1 is 1.33 bits per heavy atom. The molecule has 1 aliphatic heterocycles. The molecule has 0 spiro atoms. The van der Waals surface area contributed by atoms with Crippen LogP contribution in [0.5, 0.6) is 5.75 Å². The molecule has 0 fully saturated rings. The molecule has 3 nitrogen and oxygen atoms in total. The molecule has 2 aromatic carbocycles. The van der Waals surface area contributed by atoms with Gasteiger partial charge in [0.1, 0.15) is 11.6 Å². The van der Waals surface area contributed by atoms with Gasteiger partial charge in [-0.3, -0.25) is 4.79 Å². The zero-order valence-electron chi connectivity index (χ0n) is 10.7. The predicted molar refractivity (Wildman–Crippen MR) is 82.4 cm³/mol. The second kappa shape index (κ2) is 5.66. The molecule has 2 aromatic rings. The largest absolute Gasteiger partial charge is 0.482 e. The molecular formula is C15H10BrClFNO2. The summed E-state index contributed by atoms with van der Waals surface area (Å²) >= 11 is 9.52. The van der Waals surface area contributed by atoms with Crippen LogP contribution in [0.25, 0.3) is 0 Å². The summed E-state index contributed by atoms with van der Waals surface area (Å²) in [5, 5.41) is 2.05. The highest BCUT2D eigenvalue weighted by atomic mass is 79.9. The number of alkyl halides is 1. The van der Waals surface area contributed by atoms with Gasteiger partial charge < -0.3 is 10.1 Å². The number of halogens is 3. The first kappa shape index (κ1) is 14.4. The van der Waals surface area contributed by atoms with Crippen molar-refractivity contribution in [2.75, 3.05) is 11.9 Å². The number of rotatable bonds is 2. The monoisotopic (exact) mass is 369 g/mol. The Kier molecular flexibility index (Phi) is 3.87. The molecular weight excluding hydrogens is 361 g/mol. The second-order valence-corrected chi connectivity index (χ2v) is 5.89. The smallest absolute Gasteiger partial charge is 0.262 e. The van der Waals surface area contributed by atoms with Gasteiger partial charge in [0.05, 0.1) is 15.5 Å². The van der Waals surface area contributed by atoms with Crippen molar-refractivity contribution in [3.8, 4) is 5.75 Å². The highest BCUT2D eigenvalue weighted by Crippen LogP contribution is 2.37. The van der Waals surface area contributed by atoms with E-state index in [4.69, 9.17) is 16.3 Å². The van der Waals surface area contributed by atoms with Gasteiger partial charge in [0.25, 0.3) is 5.91 Å². The van der Waals surface area contributed by atoms with E-state index >= 15 is 0 Å². The molecule has 0 aliphatic carbocycles. The average molecular weight is 371 g/mol. The standard InChI is InChI=1S/C15H10BrClFNO2/c16-10-3-1-2-9(15(10)18)14(17)8-4-5-12-11(6-8)19-13(20)7-21-12/h1-6,14H,7H2,(H,19,20). The van der Waals surface area contributed by atoms with Crippen molar-refractivity contribution >= 4 is 39.1 Å². The first-order valence-corrected chi connectivity index (χ1v) is 7.44. The van der Waals surface area contributed by atoms with Gasteiger partial charge in [-0.2, -0.15) is 0 Å². The lowest BCUT2D eigenvalue weighted by molar-refractivity contribution is -0.118. The Morgan fingerprint density at radius 2 is 2.14 bits per heavy atom. The normalized spacial score (nSPS) is 14.9. The molecule has 0 bridgehead atoms. The fourth-order valence-corrected chi connectivity index (χ4v) is 2.84. The van der Waals surface area contributed by atoms with Crippen molar-refractivity contribution in [1.29, 1.82) is 0 Å². The van der Waals surface area contributed by atoms with E-state index in [9.17, 15) is 9.18 Å². The summed E-state index contributed by atoms with van der Waals surface area (Å²) in [6.45, 7) is -0.00307. The molecule has 21 heavy (non-hydrogen) atoms. The first-order valence-electron chi connectivity index (χ1n) is 6.21. The average Bonchev–Trinajstić information content (AvgIpc) is 2.48. The Hall–Kier alpha value is -1.59. The SMILES string of the molecule is O=C1COc2ccc(C(Cl)c3cccc(Br)c3F)cc2N1. The van der Waals surface area contributed by atoms with E-state index in [0.717, 1.165) is 0 Å². The summed E-state index contributed by atoms with van der Waals surface area (Å²) in [7, 11) is 0. The third-order valence-corrected chi connectivity index (χ3v) is 4.28. The summed E-state index contributed by atoms with van der Waals surface area (Å²) in [6, 6.07) is 10.1. The maximum Gasteiger partial charge on any atom is 0.262 e. The van der Waals surface area contributed by atoms with Gasteiger partial charge >= 0.3 is 0 Å². The lowest BCUT2D eigenvalue weighted by atomic mass is 10.0. The Labute approximate surface area is 134 Å². The molecule has 0 saturated heterocycles. The summed E-state index contributed by atoms with van der Waals surface area (Å²) in [4.78, 5) is 11.3. The number of anilines is 1. The molecule has 3 rings (SSSR count). The summed E-state index contributed by atoms with van der Waals surface area (Å²) in [6.07, 6.45) is 0. The summed E-state index contributed by atoms with van der Waals surface area (Å²) < 4.78 is 19.8. The number of hydrogen-bond acceptors (Lipinski definition) is 2. The highest BCUT2D eigenvalue weighted by Gasteiger charge is 2.21. The van der Waals surface area contributed by atoms with Crippen molar-refractivity contribution in [1.82, 2.24) is 0 Å². The molecule has 0 saturated carbocycles. The lowest BCUT2D eigenvalue weighted by Crippen LogP contribution is -2.25. The van der Waals surface area contributed by atoms with Gasteiger partial charge in [0.2, 0.25) is 0 Å². The number of hydrogen-bond donors (Lipinski definition) is 1. The lowest BCUT2D eigenvalue weighted by Gasteiger charge is -2.20. The Bertz CT molecular complexity index is 723. The minimum atomic E-state index is -0.661. The molecule has 108 valence electrons. The maximum atomic E-state index is 14.1. The van der Waals surface area contributed by atoms with Crippen molar-refractivity contribution in [2.45, 2.75) is 5.38 Å². The predicted octanol–water partition coefficient (Wildman–Crippen LogP) is 4.25. The van der Waals surface area contributed by atoms with Gasteiger partial charge in [-0.15, -0.1) is 11.6 Å². The van der Waals surface area contributed by atoms with Gasteiger partial charge in [-0.1, -0.05) is 18.2 Å². The van der Waals surface area contributed by atoms with Gasteiger partial charge in [-0.05, 0) is 39.7 Å². The van der Waals surface area contributed by atoms with Crippen LogP contribution in [0.4, 0.5) is 10.1 Å². The number of carbonyl (C=O) groups excluding carboxylic acids is 1. The van der Waals surface area contributed by atoms with E-state index in [-0.39, 0.29) is 12.5 Å². The van der Waals surface area contributed by atoms with Crippen molar-refractivity contribution in [3.05, 3.63) is 57.8 Å². The zero-order valence-corrected chi connectivity index (χ0v) is 13.0. The number of fused-ring (bicyclic) bond motifs is 1.